The lowest BCUT2D eigenvalue weighted by Crippen LogP contribution is -2.38. The first-order chi connectivity index (χ1) is 12.4. The van der Waals surface area contributed by atoms with E-state index < -0.39 is 0 Å². The summed E-state index contributed by atoms with van der Waals surface area (Å²) in [5.74, 6) is 0.749. The Morgan fingerprint density at radius 1 is 1.27 bits per heavy atom. The summed E-state index contributed by atoms with van der Waals surface area (Å²) in [6.45, 7) is 7.91. The van der Waals surface area contributed by atoms with Gasteiger partial charge in [-0.2, -0.15) is 0 Å². The van der Waals surface area contributed by atoms with Gasteiger partial charge < -0.3 is 5.32 Å². The predicted molar refractivity (Wildman–Crippen MR) is 108 cm³/mol. The molecule has 3 rings (SSSR count). The van der Waals surface area contributed by atoms with Crippen molar-refractivity contribution in [1.82, 2.24) is 15.0 Å². The van der Waals surface area contributed by atoms with Gasteiger partial charge in [-0.15, -0.1) is 22.7 Å². The molecule has 0 atom stereocenters. The second-order valence-corrected chi connectivity index (χ2v) is 8.29. The average Bonchev–Trinajstić information content (AvgIpc) is 3.16. The minimum Gasteiger partial charge on any atom is -0.316 e. The summed E-state index contributed by atoms with van der Waals surface area (Å²) in [6.07, 6.45) is 2.04. The number of amides is 1. The summed E-state index contributed by atoms with van der Waals surface area (Å²) < 4.78 is 0. The zero-order chi connectivity index (χ0) is 18.7. The number of carbonyl (C=O) groups is 1. The lowest BCUT2D eigenvalue weighted by Gasteiger charge is -2.23. The molecule has 1 N–H and O–H groups in total. The van der Waals surface area contributed by atoms with E-state index in [1.165, 1.54) is 22.7 Å². The van der Waals surface area contributed by atoms with Crippen molar-refractivity contribution in [3.63, 3.8) is 0 Å². The minimum absolute atomic E-state index is 0.000111. The SMILES string of the molecule is Cc1cccc(Nc2nc(CC(=O)N(c3ncc(C)s3)C(C)C)cs2)n1. The molecule has 3 heterocycles. The number of nitrogens with one attached hydrogen (secondary N) is 1. The molecule has 3 aromatic heterocycles. The Hall–Kier alpha value is -2.32. The van der Waals surface area contributed by atoms with Crippen LogP contribution in [-0.2, 0) is 11.2 Å². The highest BCUT2D eigenvalue weighted by molar-refractivity contribution is 7.15. The van der Waals surface area contributed by atoms with Gasteiger partial charge in [0, 0.05) is 28.2 Å². The Kier molecular flexibility index (Phi) is 5.63. The number of hydrogen-bond acceptors (Lipinski definition) is 7. The van der Waals surface area contributed by atoms with Crippen molar-refractivity contribution in [2.75, 3.05) is 10.2 Å². The lowest BCUT2D eigenvalue weighted by atomic mass is 10.2. The fourth-order valence-electron chi connectivity index (χ4n) is 2.48. The molecule has 0 saturated carbocycles. The highest BCUT2D eigenvalue weighted by Gasteiger charge is 2.22. The summed E-state index contributed by atoms with van der Waals surface area (Å²) in [4.78, 5) is 28.9. The van der Waals surface area contributed by atoms with Crippen LogP contribution in [-0.4, -0.2) is 26.9 Å². The maximum absolute atomic E-state index is 12.8. The molecule has 0 fully saturated rings. The van der Waals surface area contributed by atoms with Crippen molar-refractivity contribution in [2.45, 2.75) is 40.2 Å². The number of rotatable bonds is 6. The van der Waals surface area contributed by atoms with E-state index >= 15 is 0 Å². The molecule has 6 nitrogen and oxygen atoms in total. The van der Waals surface area contributed by atoms with Crippen LogP contribution in [0, 0.1) is 13.8 Å². The summed E-state index contributed by atoms with van der Waals surface area (Å²) in [5.41, 5.74) is 1.68. The fourth-order valence-corrected chi connectivity index (χ4v) is 4.10. The third-order valence-corrected chi connectivity index (χ3v) is 5.33. The number of pyridine rings is 1. The molecule has 0 aliphatic heterocycles. The third-order valence-electron chi connectivity index (χ3n) is 3.61. The van der Waals surface area contributed by atoms with Gasteiger partial charge in [0.2, 0.25) is 5.91 Å². The normalized spacial score (nSPS) is 11.0. The quantitative estimate of drug-likeness (QED) is 0.681. The zero-order valence-electron chi connectivity index (χ0n) is 15.2. The average molecular weight is 388 g/mol. The standard InChI is InChI=1S/C18H21N5OS2/c1-11(2)23(18-19-9-13(4)26-18)16(24)8-14-10-25-17(21-14)22-15-7-5-6-12(3)20-15/h5-7,9-11H,8H2,1-4H3,(H,20,21,22). The third kappa shape index (κ3) is 4.44. The van der Waals surface area contributed by atoms with Gasteiger partial charge in [-0.1, -0.05) is 6.07 Å². The number of aryl methyl sites for hydroxylation is 2. The fraction of sp³-hybridized carbons (Fsp3) is 0.333. The maximum atomic E-state index is 12.8. The molecule has 1 amide bonds. The van der Waals surface area contributed by atoms with Crippen molar-refractivity contribution in [2.24, 2.45) is 0 Å². The van der Waals surface area contributed by atoms with Crippen LogP contribution >= 0.6 is 22.7 Å². The van der Waals surface area contributed by atoms with Gasteiger partial charge in [0.05, 0.1) is 12.1 Å². The Morgan fingerprint density at radius 3 is 2.73 bits per heavy atom. The summed E-state index contributed by atoms with van der Waals surface area (Å²) in [6, 6.07) is 5.82. The van der Waals surface area contributed by atoms with E-state index in [9.17, 15) is 4.79 Å². The Balaban J connectivity index is 1.70. The molecule has 136 valence electrons. The smallest absolute Gasteiger partial charge is 0.235 e. The molecule has 8 heteroatoms. The summed E-state index contributed by atoms with van der Waals surface area (Å²) >= 11 is 2.99. The number of carbonyl (C=O) groups excluding carboxylic acids is 1. The molecule has 0 aliphatic rings. The van der Waals surface area contributed by atoms with Crippen molar-refractivity contribution < 1.29 is 4.79 Å². The maximum Gasteiger partial charge on any atom is 0.235 e. The van der Waals surface area contributed by atoms with Gasteiger partial charge in [-0.25, -0.2) is 15.0 Å². The molecule has 0 unspecified atom stereocenters. The Labute approximate surface area is 161 Å². The van der Waals surface area contributed by atoms with Crippen LogP contribution in [0.15, 0.2) is 29.8 Å². The molecule has 26 heavy (non-hydrogen) atoms. The largest absolute Gasteiger partial charge is 0.316 e. The first-order valence-corrected chi connectivity index (χ1v) is 10.0. The van der Waals surface area contributed by atoms with Crippen LogP contribution in [0.3, 0.4) is 0 Å². The zero-order valence-corrected chi connectivity index (χ0v) is 16.8. The number of aromatic nitrogens is 3. The van der Waals surface area contributed by atoms with Gasteiger partial charge in [0.1, 0.15) is 5.82 Å². The highest BCUT2D eigenvalue weighted by Crippen LogP contribution is 2.25. The molecule has 0 radical (unpaired) electrons. The minimum atomic E-state index is -0.000111. The second kappa shape index (κ2) is 7.92. The van der Waals surface area contributed by atoms with Gasteiger partial charge in [0.15, 0.2) is 10.3 Å². The molecule has 0 saturated heterocycles. The van der Waals surface area contributed by atoms with E-state index in [1.54, 1.807) is 11.1 Å². The van der Waals surface area contributed by atoms with Crippen molar-refractivity contribution in [3.8, 4) is 0 Å². The highest BCUT2D eigenvalue weighted by atomic mass is 32.1. The Bertz CT molecular complexity index is 902. The molecule has 0 bridgehead atoms. The molecular formula is C18H21N5OS2. The van der Waals surface area contributed by atoms with Gasteiger partial charge >= 0.3 is 0 Å². The van der Waals surface area contributed by atoms with E-state index in [2.05, 4.69) is 20.3 Å². The predicted octanol–water partition coefficient (Wildman–Crippen LogP) is 4.34. The van der Waals surface area contributed by atoms with E-state index in [0.717, 1.165) is 32.3 Å². The molecule has 0 aromatic carbocycles. The van der Waals surface area contributed by atoms with E-state index in [0.29, 0.717) is 0 Å². The van der Waals surface area contributed by atoms with Crippen LogP contribution in [0.25, 0.3) is 0 Å². The van der Waals surface area contributed by atoms with E-state index in [4.69, 9.17) is 0 Å². The Morgan fingerprint density at radius 2 is 2.08 bits per heavy atom. The number of hydrogen-bond donors (Lipinski definition) is 1. The van der Waals surface area contributed by atoms with Crippen LogP contribution in [0.1, 0.15) is 30.1 Å². The van der Waals surface area contributed by atoms with Gasteiger partial charge in [-0.05, 0) is 39.8 Å². The number of nitrogens with zero attached hydrogens (tertiary/aromatic N) is 4. The van der Waals surface area contributed by atoms with Crippen LogP contribution in [0.2, 0.25) is 0 Å². The molecule has 0 spiro atoms. The van der Waals surface area contributed by atoms with Crippen molar-refractivity contribution in [1.29, 1.82) is 0 Å². The lowest BCUT2D eigenvalue weighted by molar-refractivity contribution is -0.118. The monoisotopic (exact) mass is 387 g/mol. The molecule has 0 aliphatic carbocycles. The summed E-state index contributed by atoms with van der Waals surface area (Å²) in [7, 11) is 0. The van der Waals surface area contributed by atoms with Crippen LogP contribution in [0.5, 0.6) is 0 Å². The van der Waals surface area contributed by atoms with Gasteiger partial charge in [0.25, 0.3) is 0 Å². The van der Waals surface area contributed by atoms with Gasteiger partial charge in [-0.3, -0.25) is 9.69 Å². The summed E-state index contributed by atoms with van der Waals surface area (Å²) in [5, 5.41) is 6.56. The van der Waals surface area contributed by atoms with Crippen molar-refractivity contribution >= 4 is 44.7 Å². The van der Waals surface area contributed by atoms with Crippen LogP contribution < -0.4 is 10.2 Å². The topological polar surface area (TPSA) is 71.0 Å². The number of thiazole rings is 2. The number of anilines is 3. The first-order valence-electron chi connectivity index (χ1n) is 8.32. The van der Waals surface area contributed by atoms with E-state index in [-0.39, 0.29) is 18.4 Å². The molecule has 3 aromatic rings. The van der Waals surface area contributed by atoms with E-state index in [1.807, 2.05) is 51.3 Å². The second-order valence-electron chi connectivity index (χ2n) is 6.22. The van der Waals surface area contributed by atoms with Crippen LogP contribution in [0.4, 0.5) is 16.1 Å². The molecular weight excluding hydrogens is 366 g/mol. The first kappa shape index (κ1) is 18.5. The van der Waals surface area contributed by atoms with Crippen molar-refractivity contribution in [3.05, 3.63) is 46.0 Å².